The van der Waals surface area contributed by atoms with Crippen molar-refractivity contribution in [3.05, 3.63) is 0 Å². The third-order valence-electron chi connectivity index (χ3n) is 0. The first-order chi connectivity index (χ1) is 2.00. The quantitative estimate of drug-likeness (QED) is 0.533. The molecule has 0 rings (SSSR count). The van der Waals surface area contributed by atoms with Crippen LogP contribution in [0, 0.1) is 35.6 Å². The molecule has 7 heteroatoms. The summed E-state index contributed by atoms with van der Waals surface area (Å²) in [4.78, 5) is 0. The van der Waals surface area contributed by atoms with Gasteiger partial charge in [0.25, 0.3) is 0 Å². The standard InChI is InChI=1S/Ca.Cr.La.2H2O.2O.2H/h;;;2*1H2;;;;/q2*+2;;;;;;2*-1/p-2. The van der Waals surface area contributed by atoms with E-state index in [0.29, 0.717) is 0 Å². The fourth-order valence-corrected chi connectivity index (χ4v) is 0. The number of hydrogen-bond acceptors (Lipinski definition) is 2. The van der Waals surface area contributed by atoms with Crippen molar-refractivity contribution in [2.24, 2.45) is 0 Å². The van der Waals surface area contributed by atoms with Crippen LogP contribution in [0.4, 0.5) is 0 Å². The summed E-state index contributed by atoms with van der Waals surface area (Å²) in [5.41, 5.74) is 0. The molecule has 0 aromatic carbocycles. The van der Waals surface area contributed by atoms with Gasteiger partial charge in [0.2, 0.25) is 0 Å². The first-order valence-corrected chi connectivity index (χ1v) is 2.88. The van der Waals surface area contributed by atoms with Crippen LogP contribution < -0.4 is 0 Å². The van der Waals surface area contributed by atoms with Crippen LogP contribution in [0.25, 0.3) is 0 Å². The van der Waals surface area contributed by atoms with Gasteiger partial charge < -0.3 is 2.85 Å². The fraction of sp³-hybridized carbons (Fsp3) is 0. The van der Waals surface area contributed by atoms with E-state index in [2.05, 4.69) is 0 Å². The van der Waals surface area contributed by atoms with Gasteiger partial charge in [-0.05, 0) is 0 Å². The second-order valence-electron chi connectivity index (χ2n) is 0.448. The van der Waals surface area contributed by atoms with E-state index in [1.165, 1.54) is 0 Å². The van der Waals surface area contributed by atoms with E-state index in [-0.39, 0.29) is 76.2 Å². The average molecular weight is 299 g/mol. The van der Waals surface area contributed by atoms with E-state index in [0.717, 1.165) is 0 Å². The molecule has 2 N–H and O–H groups in total. The van der Waals surface area contributed by atoms with Crippen molar-refractivity contribution < 1.29 is 68.0 Å². The van der Waals surface area contributed by atoms with Gasteiger partial charge >= 0.3 is 67.3 Å². The maximum absolute atomic E-state index is 8.82. The van der Waals surface area contributed by atoms with Crippen molar-refractivity contribution in [1.82, 2.24) is 0 Å². The van der Waals surface area contributed by atoms with Crippen LogP contribution in [0.3, 0.4) is 0 Å². The van der Waals surface area contributed by atoms with Gasteiger partial charge in [0.05, 0.1) is 0 Å². The number of hydrogen-bond donors (Lipinski definition) is 2. The van der Waals surface area contributed by atoms with Gasteiger partial charge in [0.15, 0.2) is 0 Å². The van der Waals surface area contributed by atoms with Crippen LogP contribution in [-0.2, 0) is 21.2 Å². The Bertz CT molecular complexity index is 102. The summed E-state index contributed by atoms with van der Waals surface area (Å²) in [5, 5.41) is 0. The molecule has 0 aliphatic rings. The molecule has 0 atom stereocenters. The Hall–Kier alpha value is 2.51. The van der Waals surface area contributed by atoms with Gasteiger partial charge in [-0.3, -0.25) is 0 Å². The maximum atomic E-state index is 8.82. The molecular weight excluding hydrogens is 295 g/mol. The SMILES string of the molecule is [Ca+2].[H-].[H-].[La].[O]=[Cr](=[O])([OH])[OH]. The van der Waals surface area contributed by atoms with Crippen LogP contribution in [0.1, 0.15) is 2.85 Å². The third-order valence-corrected chi connectivity index (χ3v) is 0. The van der Waals surface area contributed by atoms with Gasteiger partial charge in [-0.25, -0.2) is 0 Å². The van der Waals surface area contributed by atoms with Crippen molar-refractivity contribution >= 4 is 37.7 Å². The Balaban J connectivity index is -0.0000000133. The summed E-state index contributed by atoms with van der Waals surface area (Å²) in [6.45, 7) is 0. The molecule has 0 aromatic rings. The molecule has 0 heterocycles. The molecule has 7 heavy (non-hydrogen) atoms. The zero-order chi connectivity index (χ0) is 4.50. The van der Waals surface area contributed by atoms with E-state index < -0.39 is 13.6 Å². The molecule has 0 amide bonds. The zero-order valence-electron chi connectivity index (χ0n) is 5.40. The van der Waals surface area contributed by atoms with Crippen LogP contribution >= 0.6 is 0 Å². The monoisotopic (exact) mass is 299 g/mol. The summed E-state index contributed by atoms with van der Waals surface area (Å²) in [6.07, 6.45) is 0. The van der Waals surface area contributed by atoms with Crippen molar-refractivity contribution in [1.29, 1.82) is 0 Å². The molecule has 39 valence electrons. The minimum atomic E-state index is -5.25. The van der Waals surface area contributed by atoms with Crippen molar-refractivity contribution in [2.75, 3.05) is 0 Å². The Morgan fingerprint density at radius 1 is 1.29 bits per heavy atom. The Morgan fingerprint density at radius 2 is 1.29 bits per heavy atom. The molecular formula is H4CaCrLaO4. The summed E-state index contributed by atoms with van der Waals surface area (Å²) >= 11 is -5.25. The summed E-state index contributed by atoms with van der Waals surface area (Å²) in [6, 6.07) is 0. The molecule has 0 saturated heterocycles. The van der Waals surface area contributed by atoms with E-state index in [1.807, 2.05) is 0 Å². The molecule has 0 fully saturated rings. The second kappa shape index (κ2) is 6.62. The summed E-state index contributed by atoms with van der Waals surface area (Å²) in [7, 11) is 0. The molecule has 0 aliphatic carbocycles. The molecule has 0 aliphatic heterocycles. The Morgan fingerprint density at radius 3 is 1.29 bits per heavy atom. The van der Waals surface area contributed by atoms with Gasteiger partial charge in [-0.15, -0.1) is 0 Å². The second-order valence-corrected chi connectivity index (χ2v) is 1.85. The third kappa shape index (κ3) is 57.3. The van der Waals surface area contributed by atoms with Gasteiger partial charge in [0.1, 0.15) is 0 Å². The predicted octanol–water partition coefficient (Wildman–Crippen LogP) is -1.51. The molecule has 4 nitrogen and oxygen atoms in total. The van der Waals surface area contributed by atoms with Crippen molar-refractivity contribution in [3.63, 3.8) is 0 Å². The first-order valence-electron chi connectivity index (χ1n) is 0.698. The molecule has 0 unspecified atom stereocenters. The predicted molar refractivity (Wildman–Crippen MR) is 13.8 cm³/mol. The minimum absolute atomic E-state index is 0. The van der Waals surface area contributed by atoms with Gasteiger partial charge in [-0.2, -0.15) is 0 Å². The molecule has 0 spiro atoms. The Labute approximate surface area is 104 Å². The van der Waals surface area contributed by atoms with E-state index in [1.54, 1.807) is 0 Å². The molecule has 0 bridgehead atoms. The van der Waals surface area contributed by atoms with Gasteiger partial charge in [-0.1, -0.05) is 0 Å². The summed E-state index contributed by atoms with van der Waals surface area (Å²) < 4.78 is 31.9. The van der Waals surface area contributed by atoms with E-state index in [4.69, 9.17) is 15.9 Å². The topological polar surface area (TPSA) is 74.6 Å². The Kier molecular flexibility index (Phi) is 15.4. The fourth-order valence-electron chi connectivity index (χ4n) is 0. The first kappa shape index (κ1) is 16.2. The van der Waals surface area contributed by atoms with Crippen molar-refractivity contribution in [2.45, 2.75) is 0 Å². The zero-order valence-corrected chi connectivity index (χ0v) is 10.5. The van der Waals surface area contributed by atoms with Crippen LogP contribution in [0.5, 0.6) is 0 Å². The molecule has 0 aromatic heterocycles. The average Bonchev–Trinajstić information content (AvgIpc) is 0.722. The van der Waals surface area contributed by atoms with Crippen LogP contribution in [0.2, 0.25) is 0 Å². The number of rotatable bonds is 0. The normalized spacial score (nSPS) is 8.29. The molecule has 1 radical (unpaired) electrons. The molecule has 0 saturated carbocycles. The summed E-state index contributed by atoms with van der Waals surface area (Å²) in [5.74, 6) is 0. The van der Waals surface area contributed by atoms with E-state index in [9.17, 15) is 0 Å². The van der Waals surface area contributed by atoms with E-state index >= 15 is 0 Å². The van der Waals surface area contributed by atoms with Crippen molar-refractivity contribution in [3.8, 4) is 0 Å². The van der Waals surface area contributed by atoms with Crippen LogP contribution in [-0.4, -0.2) is 46.1 Å². The van der Waals surface area contributed by atoms with Crippen LogP contribution in [0.15, 0.2) is 0 Å². The van der Waals surface area contributed by atoms with Gasteiger partial charge in [0, 0.05) is 35.6 Å².